The number of carbonyl (C=O) groups excluding carboxylic acids is 3. The molecule has 1 fully saturated rings. The smallest absolute Gasteiger partial charge is 0.326 e. The van der Waals surface area contributed by atoms with Gasteiger partial charge < -0.3 is 10.1 Å². The molecule has 27 heavy (non-hydrogen) atoms. The van der Waals surface area contributed by atoms with E-state index >= 15 is 0 Å². The summed E-state index contributed by atoms with van der Waals surface area (Å²) in [5, 5.41) is 2.75. The van der Waals surface area contributed by atoms with Crippen LogP contribution in [0, 0.1) is 6.92 Å². The van der Waals surface area contributed by atoms with Crippen LogP contribution in [0.1, 0.15) is 30.0 Å². The molecule has 1 heterocycles. The molecule has 2 aromatic rings. The minimum atomic E-state index is -1.14. The van der Waals surface area contributed by atoms with Gasteiger partial charge in [-0.2, -0.15) is 0 Å². The fraction of sp³-hybridized carbons (Fsp3) is 0.286. The number of urea groups is 1. The number of ether oxygens (including phenoxy) is 1. The lowest BCUT2D eigenvalue weighted by Crippen LogP contribution is -2.43. The van der Waals surface area contributed by atoms with Crippen molar-refractivity contribution in [3.8, 4) is 0 Å². The summed E-state index contributed by atoms with van der Waals surface area (Å²) >= 11 is 0. The molecule has 2 aromatic carbocycles. The summed E-state index contributed by atoms with van der Waals surface area (Å²) in [5.41, 5.74) is 1.51. The second-order valence-corrected chi connectivity index (χ2v) is 6.59. The molecule has 1 aliphatic heterocycles. The highest BCUT2D eigenvalue weighted by molar-refractivity contribution is 6.09. The first-order valence-electron chi connectivity index (χ1n) is 8.87. The Labute approximate surface area is 158 Å². The standard InChI is InChI=1S/C21H22N2O4/c1-3-21(17-7-5-4-6-8-17)19(25)23(20(26)22-21)13-18(24)27-14-16-11-9-15(2)10-12-16/h4-12H,3,13-14H2,1-2H3,(H,22,26). The van der Waals surface area contributed by atoms with Gasteiger partial charge in [0.15, 0.2) is 0 Å². The van der Waals surface area contributed by atoms with Gasteiger partial charge in [0.05, 0.1) is 0 Å². The van der Waals surface area contributed by atoms with E-state index in [-0.39, 0.29) is 6.61 Å². The van der Waals surface area contributed by atoms with Gasteiger partial charge >= 0.3 is 12.0 Å². The van der Waals surface area contributed by atoms with Crippen LogP contribution in [0.3, 0.4) is 0 Å². The average Bonchev–Trinajstić information content (AvgIpc) is 2.93. The monoisotopic (exact) mass is 366 g/mol. The highest BCUT2D eigenvalue weighted by Crippen LogP contribution is 2.32. The van der Waals surface area contributed by atoms with Gasteiger partial charge in [0.2, 0.25) is 0 Å². The number of esters is 1. The van der Waals surface area contributed by atoms with Gasteiger partial charge in [0, 0.05) is 0 Å². The maximum absolute atomic E-state index is 13.0. The molecule has 3 amide bonds. The van der Waals surface area contributed by atoms with Crippen molar-refractivity contribution in [1.82, 2.24) is 10.2 Å². The van der Waals surface area contributed by atoms with Crippen LogP contribution in [-0.2, 0) is 26.5 Å². The van der Waals surface area contributed by atoms with Crippen LogP contribution in [0.4, 0.5) is 4.79 Å². The average molecular weight is 366 g/mol. The molecule has 3 rings (SSSR count). The molecule has 1 N–H and O–H groups in total. The van der Waals surface area contributed by atoms with Gasteiger partial charge in [0.25, 0.3) is 5.91 Å². The van der Waals surface area contributed by atoms with E-state index in [1.807, 2.05) is 56.3 Å². The largest absolute Gasteiger partial charge is 0.459 e. The van der Waals surface area contributed by atoms with E-state index in [2.05, 4.69) is 5.32 Å². The molecule has 1 aliphatic rings. The Morgan fingerprint density at radius 2 is 1.74 bits per heavy atom. The van der Waals surface area contributed by atoms with E-state index in [0.29, 0.717) is 12.0 Å². The molecule has 0 aromatic heterocycles. The van der Waals surface area contributed by atoms with Gasteiger partial charge in [-0.1, -0.05) is 67.1 Å². The Morgan fingerprint density at radius 1 is 1.07 bits per heavy atom. The third-order valence-electron chi connectivity index (χ3n) is 4.78. The summed E-state index contributed by atoms with van der Waals surface area (Å²) in [6.07, 6.45) is 0.385. The Bertz CT molecular complexity index is 848. The zero-order valence-electron chi connectivity index (χ0n) is 15.4. The molecular formula is C21H22N2O4. The fourth-order valence-corrected chi connectivity index (χ4v) is 3.15. The van der Waals surface area contributed by atoms with Gasteiger partial charge in [-0.15, -0.1) is 0 Å². The predicted molar refractivity (Wildman–Crippen MR) is 99.6 cm³/mol. The van der Waals surface area contributed by atoms with E-state index in [0.717, 1.165) is 16.0 Å². The van der Waals surface area contributed by atoms with Crippen LogP contribution < -0.4 is 5.32 Å². The number of carbonyl (C=O) groups is 3. The molecule has 0 spiro atoms. The van der Waals surface area contributed by atoms with Crippen molar-refractivity contribution in [3.63, 3.8) is 0 Å². The number of aryl methyl sites for hydroxylation is 1. The highest BCUT2D eigenvalue weighted by Gasteiger charge is 2.51. The first-order valence-corrected chi connectivity index (χ1v) is 8.87. The molecule has 1 unspecified atom stereocenters. The topological polar surface area (TPSA) is 75.7 Å². The molecule has 6 heteroatoms. The van der Waals surface area contributed by atoms with Crippen LogP contribution in [-0.4, -0.2) is 29.4 Å². The number of nitrogens with zero attached hydrogens (tertiary/aromatic N) is 1. The molecule has 0 saturated carbocycles. The maximum Gasteiger partial charge on any atom is 0.326 e. The number of nitrogens with one attached hydrogen (secondary N) is 1. The Hall–Kier alpha value is -3.15. The van der Waals surface area contributed by atoms with E-state index in [4.69, 9.17) is 4.74 Å². The summed E-state index contributed by atoms with van der Waals surface area (Å²) < 4.78 is 5.22. The van der Waals surface area contributed by atoms with Gasteiger partial charge in [-0.3, -0.25) is 14.5 Å². The lowest BCUT2D eigenvalue weighted by atomic mass is 9.87. The van der Waals surface area contributed by atoms with Crippen molar-refractivity contribution >= 4 is 17.9 Å². The molecule has 6 nitrogen and oxygen atoms in total. The number of hydrogen-bond acceptors (Lipinski definition) is 4. The van der Waals surface area contributed by atoms with Gasteiger partial charge in [0.1, 0.15) is 18.7 Å². The predicted octanol–water partition coefficient (Wildman–Crippen LogP) is 2.90. The second kappa shape index (κ2) is 7.61. The zero-order chi connectivity index (χ0) is 19.4. The molecule has 0 bridgehead atoms. The first-order chi connectivity index (χ1) is 13.0. The van der Waals surface area contributed by atoms with Crippen LogP contribution in [0.5, 0.6) is 0 Å². The van der Waals surface area contributed by atoms with E-state index in [9.17, 15) is 14.4 Å². The molecule has 140 valence electrons. The summed E-state index contributed by atoms with van der Waals surface area (Å²) in [6, 6.07) is 16.1. The Morgan fingerprint density at radius 3 is 2.37 bits per heavy atom. The molecular weight excluding hydrogens is 344 g/mol. The Balaban J connectivity index is 1.68. The van der Waals surface area contributed by atoms with Crippen molar-refractivity contribution in [2.24, 2.45) is 0 Å². The second-order valence-electron chi connectivity index (χ2n) is 6.59. The van der Waals surface area contributed by atoms with Crippen LogP contribution >= 0.6 is 0 Å². The van der Waals surface area contributed by atoms with E-state index in [1.165, 1.54) is 0 Å². The lowest BCUT2D eigenvalue weighted by molar-refractivity contribution is -0.149. The maximum atomic E-state index is 13.0. The third kappa shape index (κ3) is 3.69. The molecule has 0 radical (unpaired) electrons. The SMILES string of the molecule is CCC1(c2ccccc2)NC(=O)N(CC(=O)OCc2ccc(C)cc2)C1=O. The first kappa shape index (κ1) is 18.6. The third-order valence-corrected chi connectivity index (χ3v) is 4.78. The summed E-state index contributed by atoms with van der Waals surface area (Å²) in [7, 11) is 0. The van der Waals surface area contributed by atoms with Crippen molar-refractivity contribution < 1.29 is 19.1 Å². The fourth-order valence-electron chi connectivity index (χ4n) is 3.15. The van der Waals surface area contributed by atoms with E-state index in [1.54, 1.807) is 12.1 Å². The van der Waals surface area contributed by atoms with Crippen LogP contribution in [0.2, 0.25) is 0 Å². The van der Waals surface area contributed by atoms with Crippen LogP contribution in [0.25, 0.3) is 0 Å². The number of benzene rings is 2. The normalized spacial score (nSPS) is 19.1. The molecule has 1 atom stereocenters. The number of amides is 3. The van der Waals surface area contributed by atoms with Crippen molar-refractivity contribution in [2.75, 3.05) is 6.54 Å². The summed E-state index contributed by atoms with van der Waals surface area (Å²) in [6.45, 7) is 3.48. The molecule has 1 saturated heterocycles. The van der Waals surface area contributed by atoms with Crippen molar-refractivity contribution in [1.29, 1.82) is 0 Å². The quantitative estimate of drug-likeness (QED) is 0.630. The number of hydrogen-bond donors (Lipinski definition) is 1. The van der Waals surface area contributed by atoms with Gasteiger partial charge in [-0.25, -0.2) is 4.79 Å². The highest BCUT2D eigenvalue weighted by atomic mass is 16.5. The number of imide groups is 1. The van der Waals surface area contributed by atoms with Gasteiger partial charge in [-0.05, 0) is 24.5 Å². The summed E-state index contributed by atoms with van der Waals surface area (Å²) in [4.78, 5) is 38.4. The summed E-state index contributed by atoms with van der Waals surface area (Å²) in [5.74, 6) is -1.06. The van der Waals surface area contributed by atoms with Crippen molar-refractivity contribution in [3.05, 3.63) is 71.3 Å². The minimum Gasteiger partial charge on any atom is -0.459 e. The zero-order valence-corrected chi connectivity index (χ0v) is 15.4. The van der Waals surface area contributed by atoms with E-state index < -0.39 is 30.0 Å². The van der Waals surface area contributed by atoms with Crippen LogP contribution in [0.15, 0.2) is 54.6 Å². The number of rotatable bonds is 6. The minimum absolute atomic E-state index is 0.0976. The van der Waals surface area contributed by atoms with Crippen molar-refractivity contribution in [2.45, 2.75) is 32.4 Å². The Kier molecular flexibility index (Phi) is 5.26. The molecule has 0 aliphatic carbocycles. The lowest BCUT2D eigenvalue weighted by Gasteiger charge is -2.25.